The topological polar surface area (TPSA) is 88.4 Å². The Balaban J connectivity index is 1.82. The molecule has 0 spiro atoms. The monoisotopic (exact) mass is 489 g/mol. The molecule has 4 aromatic rings. The average molecular weight is 490 g/mol. The lowest BCUT2D eigenvalue weighted by Crippen LogP contribution is -2.25. The van der Waals surface area contributed by atoms with E-state index >= 15 is 0 Å². The second-order valence-corrected chi connectivity index (χ2v) is 8.36. The van der Waals surface area contributed by atoms with Gasteiger partial charge >= 0.3 is 0 Å². The minimum Gasteiger partial charge on any atom is -0.497 e. The Morgan fingerprint density at radius 1 is 0.861 bits per heavy atom. The summed E-state index contributed by atoms with van der Waals surface area (Å²) in [6.07, 6.45) is 0.332. The van der Waals surface area contributed by atoms with Crippen molar-refractivity contribution < 1.29 is 28.8 Å². The van der Waals surface area contributed by atoms with Crippen LogP contribution in [-0.4, -0.2) is 44.4 Å². The van der Waals surface area contributed by atoms with Crippen molar-refractivity contribution in [1.29, 1.82) is 0 Å². The molecule has 1 aromatic heterocycles. The predicted molar refractivity (Wildman–Crippen MR) is 136 cm³/mol. The van der Waals surface area contributed by atoms with E-state index in [4.69, 9.17) is 23.7 Å². The van der Waals surface area contributed by atoms with Crippen molar-refractivity contribution in [3.05, 3.63) is 76.1 Å². The lowest BCUT2D eigenvalue weighted by molar-refractivity contribution is 0.174. The van der Waals surface area contributed by atoms with Crippen LogP contribution in [0.2, 0.25) is 0 Å². The Labute approximate surface area is 208 Å². The molecule has 1 aliphatic heterocycles. The van der Waals surface area contributed by atoms with E-state index in [1.807, 2.05) is 42.5 Å². The summed E-state index contributed by atoms with van der Waals surface area (Å²) in [7, 11) is 4.71. The summed E-state index contributed by atoms with van der Waals surface area (Å²) in [6.45, 7) is 0.368. The average Bonchev–Trinajstić information content (AvgIpc) is 3.39. The van der Waals surface area contributed by atoms with Gasteiger partial charge in [-0.2, -0.15) is 0 Å². The third kappa shape index (κ3) is 4.09. The highest BCUT2D eigenvalue weighted by Gasteiger charge is 2.23. The Kier molecular flexibility index (Phi) is 6.43. The molecule has 0 atom stereocenters. The second kappa shape index (κ2) is 9.83. The minimum absolute atomic E-state index is 0.0955. The second-order valence-electron chi connectivity index (χ2n) is 8.36. The summed E-state index contributed by atoms with van der Waals surface area (Å²) in [5, 5.41) is 11.2. The summed E-state index contributed by atoms with van der Waals surface area (Å²) >= 11 is 0. The molecule has 0 bridgehead atoms. The number of fused-ring (bicyclic) bond motifs is 2. The van der Waals surface area contributed by atoms with Crippen LogP contribution in [0.4, 0.5) is 0 Å². The lowest BCUT2D eigenvalue weighted by Gasteiger charge is -2.21. The van der Waals surface area contributed by atoms with E-state index < -0.39 is 0 Å². The van der Waals surface area contributed by atoms with E-state index in [1.54, 1.807) is 30.9 Å². The number of hydrogen-bond acceptors (Lipinski definition) is 7. The third-order valence-electron chi connectivity index (χ3n) is 6.39. The predicted octanol–water partition coefficient (Wildman–Crippen LogP) is 4.01. The molecule has 1 aliphatic rings. The van der Waals surface area contributed by atoms with Gasteiger partial charge in [-0.05, 0) is 65.4 Å². The third-order valence-corrected chi connectivity index (χ3v) is 6.39. The van der Waals surface area contributed by atoms with Crippen LogP contribution in [-0.2, 0) is 13.0 Å². The largest absolute Gasteiger partial charge is 0.497 e. The summed E-state index contributed by atoms with van der Waals surface area (Å²) < 4.78 is 29.1. The van der Waals surface area contributed by atoms with E-state index in [2.05, 4.69) is 0 Å². The molecule has 0 saturated heterocycles. The Hall–Kier alpha value is -4.17. The van der Waals surface area contributed by atoms with Crippen LogP contribution < -0.4 is 29.2 Å². The van der Waals surface area contributed by atoms with Gasteiger partial charge in [-0.15, -0.1) is 0 Å². The quantitative estimate of drug-likeness (QED) is 0.400. The SMILES string of the molecule is COc1ccc(Cn2c(-c3ccc4c(c3)OCO4)c(CCO)c3cc(OC)c(OC)cc3c2=O)cc1. The molecule has 0 unspecified atom stereocenters. The number of aromatic nitrogens is 1. The van der Waals surface area contributed by atoms with E-state index in [-0.39, 0.29) is 19.0 Å². The molecule has 186 valence electrons. The fourth-order valence-electron chi connectivity index (χ4n) is 4.65. The van der Waals surface area contributed by atoms with Crippen molar-refractivity contribution >= 4 is 10.8 Å². The summed E-state index contributed by atoms with van der Waals surface area (Å²) in [4.78, 5) is 14.0. The molecule has 0 saturated carbocycles. The number of rotatable bonds is 8. The number of aliphatic hydroxyl groups excluding tert-OH is 1. The highest BCUT2D eigenvalue weighted by Crippen LogP contribution is 2.40. The first-order valence-electron chi connectivity index (χ1n) is 11.5. The van der Waals surface area contributed by atoms with Crippen LogP contribution in [0.25, 0.3) is 22.0 Å². The van der Waals surface area contributed by atoms with E-state index in [9.17, 15) is 9.90 Å². The van der Waals surface area contributed by atoms with Gasteiger partial charge in [0.1, 0.15) is 5.75 Å². The molecular weight excluding hydrogens is 462 g/mol. The molecule has 2 heterocycles. The molecule has 5 rings (SSSR count). The minimum atomic E-state index is -0.184. The number of benzene rings is 3. The lowest BCUT2D eigenvalue weighted by atomic mass is 9.95. The zero-order valence-electron chi connectivity index (χ0n) is 20.4. The number of pyridine rings is 1. The maximum absolute atomic E-state index is 14.0. The van der Waals surface area contributed by atoms with Gasteiger partial charge in [-0.25, -0.2) is 0 Å². The number of nitrogens with zero attached hydrogens (tertiary/aromatic N) is 1. The Bertz CT molecular complexity index is 1470. The molecule has 0 fully saturated rings. The van der Waals surface area contributed by atoms with Gasteiger partial charge in [-0.3, -0.25) is 4.79 Å². The van der Waals surface area contributed by atoms with Crippen LogP contribution in [0.15, 0.2) is 59.4 Å². The van der Waals surface area contributed by atoms with Gasteiger partial charge in [0.25, 0.3) is 5.56 Å². The maximum atomic E-state index is 14.0. The van der Waals surface area contributed by atoms with Crippen molar-refractivity contribution in [2.75, 3.05) is 34.7 Å². The van der Waals surface area contributed by atoms with Crippen molar-refractivity contribution in [2.45, 2.75) is 13.0 Å². The maximum Gasteiger partial charge on any atom is 0.259 e. The molecule has 0 radical (unpaired) electrons. The first-order chi connectivity index (χ1) is 17.6. The molecule has 1 N–H and O–H groups in total. The smallest absolute Gasteiger partial charge is 0.259 e. The van der Waals surface area contributed by atoms with Crippen molar-refractivity contribution in [2.24, 2.45) is 0 Å². The summed E-state index contributed by atoms with van der Waals surface area (Å²) in [5.41, 5.74) is 3.04. The van der Waals surface area contributed by atoms with Crippen molar-refractivity contribution in [3.8, 4) is 40.0 Å². The first-order valence-corrected chi connectivity index (χ1v) is 11.5. The van der Waals surface area contributed by atoms with Crippen LogP contribution in [0, 0.1) is 0 Å². The van der Waals surface area contributed by atoms with Gasteiger partial charge in [0.2, 0.25) is 6.79 Å². The van der Waals surface area contributed by atoms with E-state index in [1.165, 1.54) is 7.11 Å². The van der Waals surface area contributed by atoms with Crippen LogP contribution in [0.3, 0.4) is 0 Å². The highest BCUT2D eigenvalue weighted by atomic mass is 16.7. The molecule has 8 heteroatoms. The number of hydrogen-bond donors (Lipinski definition) is 1. The molecule has 8 nitrogen and oxygen atoms in total. The van der Waals surface area contributed by atoms with Crippen LogP contribution >= 0.6 is 0 Å². The van der Waals surface area contributed by atoms with Crippen molar-refractivity contribution in [1.82, 2.24) is 4.57 Å². The number of methoxy groups -OCH3 is 3. The van der Waals surface area contributed by atoms with Crippen LogP contribution in [0.5, 0.6) is 28.7 Å². The molecule has 36 heavy (non-hydrogen) atoms. The normalized spacial score (nSPS) is 12.1. The zero-order valence-corrected chi connectivity index (χ0v) is 20.4. The van der Waals surface area contributed by atoms with E-state index in [0.29, 0.717) is 52.4 Å². The fourth-order valence-corrected chi connectivity index (χ4v) is 4.65. The van der Waals surface area contributed by atoms with Gasteiger partial charge in [0.15, 0.2) is 23.0 Å². The Morgan fingerprint density at radius 2 is 1.56 bits per heavy atom. The molecule has 3 aromatic carbocycles. The van der Waals surface area contributed by atoms with Gasteiger partial charge in [-0.1, -0.05) is 12.1 Å². The first kappa shape index (κ1) is 23.6. The Morgan fingerprint density at radius 3 is 2.22 bits per heavy atom. The standard InChI is InChI=1S/C28H27NO7/c1-32-19-7-4-17(5-8-19)15-29-27(18-6-9-23-26(12-18)36-16-35-23)20(10-11-30)21-13-24(33-2)25(34-3)14-22(21)28(29)31/h4-9,12-14,30H,10-11,15-16H2,1-3H3. The van der Waals surface area contributed by atoms with Gasteiger partial charge in [0.05, 0.1) is 39.0 Å². The summed E-state index contributed by atoms with van der Waals surface area (Å²) in [5.74, 6) is 2.97. The van der Waals surface area contributed by atoms with Crippen molar-refractivity contribution in [3.63, 3.8) is 0 Å². The molecular formula is C28H27NO7. The zero-order chi connectivity index (χ0) is 25.2. The highest BCUT2D eigenvalue weighted by molar-refractivity contribution is 5.93. The summed E-state index contributed by atoms with van der Waals surface area (Å²) in [6, 6.07) is 16.7. The van der Waals surface area contributed by atoms with Gasteiger partial charge < -0.3 is 33.4 Å². The molecule has 0 amide bonds. The fraction of sp³-hybridized carbons (Fsp3) is 0.250. The van der Waals surface area contributed by atoms with Crippen LogP contribution in [0.1, 0.15) is 11.1 Å². The van der Waals surface area contributed by atoms with E-state index in [0.717, 1.165) is 22.4 Å². The van der Waals surface area contributed by atoms with Gasteiger partial charge in [0, 0.05) is 12.2 Å². The molecule has 0 aliphatic carbocycles. The number of aliphatic hydroxyl groups is 1. The number of ether oxygens (including phenoxy) is 5.